The highest BCUT2D eigenvalue weighted by Crippen LogP contribution is 2.26. The van der Waals surface area contributed by atoms with Crippen molar-refractivity contribution in [3.05, 3.63) is 40.1 Å². The molecule has 0 radical (unpaired) electrons. The minimum Gasteiger partial charge on any atom is -0.490 e. The van der Waals surface area contributed by atoms with Gasteiger partial charge in [0.15, 0.2) is 0 Å². The van der Waals surface area contributed by atoms with Crippen LogP contribution in [0.3, 0.4) is 0 Å². The first-order valence-electron chi connectivity index (χ1n) is 6.27. The SMILES string of the molecule is Cc1cn(N=Cc2ccc(Br)c(OC(C)C)c2)c(N)n1. The van der Waals surface area contributed by atoms with Crippen molar-refractivity contribution in [3.63, 3.8) is 0 Å². The quantitative estimate of drug-likeness (QED) is 0.872. The van der Waals surface area contributed by atoms with E-state index in [9.17, 15) is 0 Å². The Morgan fingerprint density at radius 1 is 1.45 bits per heavy atom. The van der Waals surface area contributed by atoms with Gasteiger partial charge in [0.1, 0.15) is 5.75 Å². The number of hydrogen-bond donors (Lipinski definition) is 1. The minimum absolute atomic E-state index is 0.116. The molecule has 0 spiro atoms. The van der Waals surface area contributed by atoms with Crippen molar-refractivity contribution in [2.75, 3.05) is 5.73 Å². The van der Waals surface area contributed by atoms with Gasteiger partial charge in [-0.2, -0.15) is 5.10 Å². The molecule has 0 atom stereocenters. The molecule has 1 aromatic heterocycles. The Hall–Kier alpha value is -1.82. The molecule has 0 fully saturated rings. The number of hydrogen-bond acceptors (Lipinski definition) is 4. The average Bonchev–Trinajstić information content (AvgIpc) is 2.68. The summed E-state index contributed by atoms with van der Waals surface area (Å²) in [6.07, 6.45) is 3.61. The first-order chi connectivity index (χ1) is 9.45. The molecule has 106 valence electrons. The number of nitrogen functional groups attached to an aromatic ring is 1. The third kappa shape index (κ3) is 3.60. The lowest BCUT2D eigenvalue weighted by molar-refractivity contribution is 0.241. The van der Waals surface area contributed by atoms with E-state index in [4.69, 9.17) is 10.5 Å². The van der Waals surface area contributed by atoms with E-state index in [1.807, 2.05) is 39.0 Å². The standard InChI is InChI=1S/C14H17BrN4O/c1-9(2)20-13-6-11(4-5-12(13)15)7-17-19-8-10(3)18-14(19)16/h4-9H,1-3H3,(H2,16,18). The van der Waals surface area contributed by atoms with Crippen molar-refractivity contribution in [1.82, 2.24) is 9.66 Å². The van der Waals surface area contributed by atoms with E-state index in [0.29, 0.717) is 5.95 Å². The number of aromatic nitrogens is 2. The molecule has 6 heteroatoms. The van der Waals surface area contributed by atoms with Gasteiger partial charge in [-0.15, -0.1) is 0 Å². The summed E-state index contributed by atoms with van der Waals surface area (Å²) in [5.41, 5.74) is 7.49. The van der Waals surface area contributed by atoms with E-state index in [0.717, 1.165) is 21.5 Å². The van der Waals surface area contributed by atoms with Gasteiger partial charge in [-0.3, -0.25) is 0 Å². The lowest BCUT2D eigenvalue weighted by Gasteiger charge is -2.11. The maximum Gasteiger partial charge on any atom is 0.221 e. The van der Waals surface area contributed by atoms with E-state index in [2.05, 4.69) is 26.0 Å². The molecule has 1 aromatic carbocycles. The molecule has 0 saturated carbocycles. The predicted molar refractivity (Wildman–Crippen MR) is 84.3 cm³/mol. The third-order valence-corrected chi connectivity index (χ3v) is 3.14. The number of halogens is 1. The number of anilines is 1. The van der Waals surface area contributed by atoms with Crippen LogP contribution in [0.15, 0.2) is 34.0 Å². The van der Waals surface area contributed by atoms with Crippen molar-refractivity contribution < 1.29 is 4.74 Å². The van der Waals surface area contributed by atoms with Gasteiger partial charge in [0.2, 0.25) is 5.95 Å². The Kier molecular flexibility index (Phi) is 4.44. The molecule has 0 aliphatic heterocycles. The van der Waals surface area contributed by atoms with E-state index in [1.165, 1.54) is 0 Å². The van der Waals surface area contributed by atoms with Gasteiger partial charge in [0.25, 0.3) is 0 Å². The van der Waals surface area contributed by atoms with E-state index in [-0.39, 0.29) is 6.10 Å². The van der Waals surface area contributed by atoms with Gasteiger partial charge >= 0.3 is 0 Å². The topological polar surface area (TPSA) is 65.4 Å². The number of benzene rings is 1. The van der Waals surface area contributed by atoms with Crippen molar-refractivity contribution in [1.29, 1.82) is 0 Å². The zero-order valence-electron chi connectivity index (χ0n) is 11.7. The lowest BCUT2D eigenvalue weighted by Crippen LogP contribution is -2.06. The molecule has 2 rings (SSSR count). The monoisotopic (exact) mass is 336 g/mol. The molecule has 0 unspecified atom stereocenters. The highest BCUT2D eigenvalue weighted by Gasteiger charge is 2.04. The van der Waals surface area contributed by atoms with Gasteiger partial charge in [-0.05, 0) is 54.4 Å². The molecule has 2 N–H and O–H groups in total. The summed E-state index contributed by atoms with van der Waals surface area (Å²) in [7, 11) is 0. The average molecular weight is 337 g/mol. The van der Waals surface area contributed by atoms with Crippen LogP contribution in [0.1, 0.15) is 25.1 Å². The fraction of sp³-hybridized carbons (Fsp3) is 0.286. The third-order valence-electron chi connectivity index (χ3n) is 2.48. The number of aryl methyl sites for hydroxylation is 1. The summed E-state index contributed by atoms with van der Waals surface area (Å²) in [4.78, 5) is 4.09. The second-order valence-electron chi connectivity index (χ2n) is 4.69. The maximum absolute atomic E-state index is 5.73. The summed E-state index contributed by atoms with van der Waals surface area (Å²) in [6.45, 7) is 5.85. The molecule has 2 aromatic rings. The minimum atomic E-state index is 0.116. The van der Waals surface area contributed by atoms with Gasteiger partial charge < -0.3 is 10.5 Å². The summed E-state index contributed by atoms with van der Waals surface area (Å²) in [5, 5.41) is 4.28. The van der Waals surface area contributed by atoms with Gasteiger partial charge in [0.05, 0.1) is 28.7 Å². The Labute approximate surface area is 126 Å². The molecule has 0 aliphatic carbocycles. The molecule has 0 amide bonds. The van der Waals surface area contributed by atoms with Crippen LogP contribution in [0.5, 0.6) is 5.75 Å². The zero-order chi connectivity index (χ0) is 14.7. The Morgan fingerprint density at radius 3 is 2.80 bits per heavy atom. The van der Waals surface area contributed by atoms with Crippen molar-refractivity contribution in [2.24, 2.45) is 5.10 Å². The first kappa shape index (κ1) is 14.6. The number of nitrogens with two attached hydrogens (primary N) is 1. The van der Waals surface area contributed by atoms with Crippen LogP contribution in [0, 0.1) is 6.92 Å². The maximum atomic E-state index is 5.73. The van der Waals surface area contributed by atoms with E-state index >= 15 is 0 Å². The Balaban J connectivity index is 2.23. The van der Waals surface area contributed by atoms with Crippen LogP contribution < -0.4 is 10.5 Å². The van der Waals surface area contributed by atoms with Crippen LogP contribution in [0.25, 0.3) is 0 Å². The van der Waals surface area contributed by atoms with Crippen molar-refractivity contribution in [2.45, 2.75) is 26.9 Å². The number of ether oxygens (including phenoxy) is 1. The highest BCUT2D eigenvalue weighted by atomic mass is 79.9. The second kappa shape index (κ2) is 6.09. The van der Waals surface area contributed by atoms with Crippen LogP contribution in [-0.2, 0) is 0 Å². The van der Waals surface area contributed by atoms with Gasteiger partial charge in [-0.25, -0.2) is 9.66 Å². The fourth-order valence-corrected chi connectivity index (χ4v) is 2.01. The van der Waals surface area contributed by atoms with Crippen LogP contribution >= 0.6 is 15.9 Å². The lowest BCUT2D eigenvalue weighted by atomic mass is 10.2. The normalized spacial score (nSPS) is 11.4. The summed E-state index contributed by atoms with van der Waals surface area (Å²) in [6, 6.07) is 5.80. The highest BCUT2D eigenvalue weighted by molar-refractivity contribution is 9.10. The molecule has 0 bridgehead atoms. The van der Waals surface area contributed by atoms with Crippen molar-refractivity contribution in [3.8, 4) is 5.75 Å². The van der Waals surface area contributed by atoms with E-state index in [1.54, 1.807) is 17.1 Å². The number of nitrogens with zero attached hydrogens (tertiary/aromatic N) is 3. The van der Waals surface area contributed by atoms with Gasteiger partial charge in [-0.1, -0.05) is 6.07 Å². The van der Waals surface area contributed by atoms with Gasteiger partial charge in [0, 0.05) is 0 Å². The largest absolute Gasteiger partial charge is 0.490 e. The number of imidazole rings is 1. The zero-order valence-corrected chi connectivity index (χ0v) is 13.3. The summed E-state index contributed by atoms with van der Waals surface area (Å²) < 4.78 is 8.17. The molecule has 5 nitrogen and oxygen atoms in total. The predicted octanol–water partition coefficient (Wildman–Crippen LogP) is 3.21. The molecule has 0 aliphatic rings. The summed E-state index contributed by atoms with van der Waals surface area (Å²) in [5.74, 6) is 1.16. The Bertz CT molecular complexity index is 634. The van der Waals surface area contributed by atoms with E-state index < -0.39 is 0 Å². The van der Waals surface area contributed by atoms with Crippen LogP contribution in [0.4, 0.5) is 5.95 Å². The fourth-order valence-electron chi connectivity index (χ4n) is 1.67. The Morgan fingerprint density at radius 2 is 2.20 bits per heavy atom. The molecule has 1 heterocycles. The summed E-state index contributed by atoms with van der Waals surface area (Å²) >= 11 is 3.47. The molecular formula is C14H17BrN4O. The molecular weight excluding hydrogens is 320 g/mol. The second-order valence-corrected chi connectivity index (χ2v) is 5.54. The number of rotatable bonds is 4. The molecule has 20 heavy (non-hydrogen) atoms. The van der Waals surface area contributed by atoms with Crippen molar-refractivity contribution >= 4 is 28.1 Å². The smallest absolute Gasteiger partial charge is 0.221 e. The molecule has 0 saturated heterocycles. The van der Waals surface area contributed by atoms with Crippen LogP contribution in [-0.4, -0.2) is 22.0 Å². The van der Waals surface area contributed by atoms with Crippen LogP contribution in [0.2, 0.25) is 0 Å². The first-order valence-corrected chi connectivity index (χ1v) is 7.07.